The SMILES string of the molecule is O=C1C[C@H]2OCC=C3CN4CC[C@@]56c7cc([N+](=O)[O-])ccc7N1[C@@H]5[C@@H]2[C@@H]3C[C@@H]46. The first-order valence-corrected chi connectivity index (χ1v) is 10.2. The predicted molar refractivity (Wildman–Crippen MR) is 100 cm³/mol. The number of anilines is 1. The van der Waals surface area contributed by atoms with E-state index in [1.165, 1.54) is 5.57 Å². The first-order valence-electron chi connectivity index (χ1n) is 10.2. The van der Waals surface area contributed by atoms with Crippen LogP contribution in [0.5, 0.6) is 0 Å². The molecule has 0 N–H and O–H groups in total. The summed E-state index contributed by atoms with van der Waals surface area (Å²) >= 11 is 0. The second-order valence-corrected chi connectivity index (χ2v) is 9.22. The van der Waals surface area contributed by atoms with Gasteiger partial charge in [0.25, 0.3) is 5.69 Å². The summed E-state index contributed by atoms with van der Waals surface area (Å²) in [7, 11) is 0. The average molecular weight is 379 g/mol. The number of piperidine rings is 2. The molecule has 7 rings (SSSR count). The van der Waals surface area contributed by atoms with E-state index >= 15 is 0 Å². The molecule has 2 bridgehead atoms. The van der Waals surface area contributed by atoms with Gasteiger partial charge in [-0.2, -0.15) is 0 Å². The molecule has 1 aromatic rings. The van der Waals surface area contributed by atoms with Crippen molar-refractivity contribution in [1.82, 2.24) is 4.90 Å². The smallest absolute Gasteiger partial charge is 0.269 e. The lowest BCUT2D eigenvalue weighted by Gasteiger charge is -2.58. The first kappa shape index (κ1) is 15.6. The van der Waals surface area contributed by atoms with E-state index in [1.807, 2.05) is 11.0 Å². The van der Waals surface area contributed by atoms with Crippen LogP contribution < -0.4 is 4.90 Å². The number of carbonyl (C=O) groups excluding carboxylic acids is 1. The van der Waals surface area contributed by atoms with Crippen LogP contribution in [0.15, 0.2) is 29.8 Å². The minimum absolute atomic E-state index is 0.0400. The number of hydrogen-bond donors (Lipinski definition) is 0. The Morgan fingerprint density at radius 2 is 2.21 bits per heavy atom. The van der Waals surface area contributed by atoms with Gasteiger partial charge in [0.1, 0.15) is 0 Å². The molecule has 28 heavy (non-hydrogen) atoms. The fourth-order valence-electron chi connectivity index (χ4n) is 7.65. The van der Waals surface area contributed by atoms with Crippen LogP contribution >= 0.6 is 0 Å². The largest absolute Gasteiger partial charge is 0.373 e. The van der Waals surface area contributed by atoms with E-state index in [4.69, 9.17) is 4.74 Å². The van der Waals surface area contributed by atoms with Crippen LogP contribution in [0.25, 0.3) is 0 Å². The zero-order chi connectivity index (χ0) is 18.8. The van der Waals surface area contributed by atoms with Gasteiger partial charge in [0.05, 0.1) is 30.1 Å². The molecular formula is C21H21N3O4. The molecular weight excluding hydrogens is 358 g/mol. The quantitative estimate of drug-likeness (QED) is 0.424. The first-order chi connectivity index (χ1) is 13.6. The molecule has 4 fully saturated rings. The van der Waals surface area contributed by atoms with Gasteiger partial charge in [-0.25, -0.2) is 0 Å². The van der Waals surface area contributed by atoms with Crippen molar-refractivity contribution >= 4 is 17.3 Å². The Morgan fingerprint density at radius 1 is 1.32 bits per heavy atom. The van der Waals surface area contributed by atoms with Gasteiger partial charge in [-0.15, -0.1) is 0 Å². The van der Waals surface area contributed by atoms with Gasteiger partial charge >= 0.3 is 0 Å². The minimum atomic E-state index is -0.312. The van der Waals surface area contributed by atoms with E-state index in [-0.39, 0.29) is 40.0 Å². The second-order valence-electron chi connectivity index (χ2n) is 9.22. The highest BCUT2D eigenvalue weighted by Gasteiger charge is 2.71. The fraction of sp³-hybridized carbons (Fsp3) is 0.571. The third kappa shape index (κ3) is 1.56. The number of ether oxygens (including phenoxy) is 1. The number of non-ortho nitro benzene ring substituents is 1. The molecule has 5 aliphatic heterocycles. The monoisotopic (exact) mass is 379 g/mol. The number of carbonyl (C=O) groups is 1. The summed E-state index contributed by atoms with van der Waals surface area (Å²) in [6.45, 7) is 2.57. The zero-order valence-electron chi connectivity index (χ0n) is 15.4. The topological polar surface area (TPSA) is 75.9 Å². The van der Waals surface area contributed by atoms with E-state index in [1.54, 1.807) is 12.1 Å². The van der Waals surface area contributed by atoms with E-state index in [2.05, 4.69) is 11.0 Å². The Hall–Kier alpha value is -2.25. The number of rotatable bonds is 1. The Kier molecular flexibility index (Phi) is 2.70. The molecule has 1 amide bonds. The van der Waals surface area contributed by atoms with Gasteiger partial charge < -0.3 is 9.64 Å². The Bertz CT molecular complexity index is 990. The third-order valence-electron chi connectivity index (χ3n) is 8.50. The molecule has 3 saturated heterocycles. The van der Waals surface area contributed by atoms with Gasteiger partial charge in [-0.3, -0.25) is 19.8 Å². The Balaban J connectivity index is 1.52. The molecule has 1 saturated carbocycles. The van der Waals surface area contributed by atoms with Gasteiger partial charge in [0, 0.05) is 41.7 Å². The van der Waals surface area contributed by atoms with Crippen molar-refractivity contribution in [2.45, 2.75) is 42.9 Å². The van der Waals surface area contributed by atoms with Crippen molar-refractivity contribution in [3.63, 3.8) is 0 Å². The number of fused-ring (bicyclic) bond motifs is 2. The second kappa shape index (κ2) is 4.83. The van der Waals surface area contributed by atoms with Crippen molar-refractivity contribution < 1.29 is 14.5 Å². The summed E-state index contributed by atoms with van der Waals surface area (Å²) < 4.78 is 6.20. The molecule has 1 aliphatic carbocycles. The number of nitro groups is 1. The standard InChI is InChI=1S/C21H21N3O4/c25-18-9-16-19-13-8-17-21(4-5-22(17)10-11(13)3-6-28-16)14-7-12(24(26)27)1-2-15(14)23(18)20(19)21/h1-3,7,13,16-17,19-20H,4-6,8-10H2/t13-,16-,17-,19-,20-,21+/m1/s1. The molecule has 6 atom stereocenters. The number of amides is 1. The summed E-state index contributed by atoms with van der Waals surface area (Å²) in [5.41, 5.74) is 3.35. The van der Waals surface area contributed by atoms with Crippen LogP contribution in [-0.4, -0.2) is 53.6 Å². The van der Waals surface area contributed by atoms with Crippen LogP contribution in [-0.2, 0) is 14.9 Å². The maximum Gasteiger partial charge on any atom is 0.269 e. The lowest BCUT2D eigenvalue weighted by Crippen LogP contribution is -2.69. The van der Waals surface area contributed by atoms with Crippen LogP contribution in [0, 0.1) is 22.0 Å². The normalized spacial score (nSPS) is 42.1. The Labute approximate surface area is 162 Å². The van der Waals surface area contributed by atoms with Gasteiger partial charge in [0.15, 0.2) is 0 Å². The summed E-state index contributed by atoms with van der Waals surface area (Å²) in [4.78, 5) is 29.0. The number of benzene rings is 1. The van der Waals surface area contributed by atoms with Crippen molar-refractivity contribution in [3.05, 3.63) is 45.5 Å². The predicted octanol–water partition coefficient (Wildman–Crippen LogP) is 2.00. The molecule has 7 heteroatoms. The lowest BCUT2D eigenvalue weighted by atomic mass is 9.53. The summed E-state index contributed by atoms with van der Waals surface area (Å²) in [6, 6.07) is 5.56. The van der Waals surface area contributed by atoms with Gasteiger partial charge in [-0.1, -0.05) is 11.6 Å². The maximum absolute atomic E-state index is 13.3. The van der Waals surface area contributed by atoms with Crippen molar-refractivity contribution in [3.8, 4) is 0 Å². The Morgan fingerprint density at radius 3 is 3.07 bits per heavy atom. The van der Waals surface area contributed by atoms with Crippen molar-refractivity contribution in [1.29, 1.82) is 0 Å². The highest BCUT2D eigenvalue weighted by Crippen LogP contribution is 2.65. The summed E-state index contributed by atoms with van der Waals surface area (Å²) in [5, 5.41) is 11.5. The van der Waals surface area contributed by atoms with Crippen LogP contribution in [0.2, 0.25) is 0 Å². The molecule has 6 aliphatic rings. The zero-order valence-corrected chi connectivity index (χ0v) is 15.4. The fourth-order valence-corrected chi connectivity index (χ4v) is 7.65. The van der Waals surface area contributed by atoms with Crippen LogP contribution in [0.3, 0.4) is 0 Å². The molecule has 5 heterocycles. The number of nitro benzene ring substituents is 1. The molecule has 0 aromatic heterocycles. The highest BCUT2D eigenvalue weighted by molar-refractivity contribution is 5.99. The molecule has 7 nitrogen and oxygen atoms in total. The van der Waals surface area contributed by atoms with Crippen molar-refractivity contribution in [2.24, 2.45) is 11.8 Å². The van der Waals surface area contributed by atoms with Crippen molar-refractivity contribution in [2.75, 3.05) is 24.6 Å². The molecule has 144 valence electrons. The third-order valence-corrected chi connectivity index (χ3v) is 8.50. The molecule has 1 aromatic carbocycles. The number of nitrogens with zero attached hydrogens (tertiary/aromatic N) is 3. The minimum Gasteiger partial charge on any atom is -0.373 e. The average Bonchev–Trinajstić information content (AvgIpc) is 3.15. The van der Waals surface area contributed by atoms with Crippen LogP contribution in [0.4, 0.5) is 11.4 Å². The molecule has 0 radical (unpaired) electrons. The number of hydrogen-bond acceptors (Lipinski definition) is 5. The summed E-state index contributed by atoms with van der Waals surface area (Å²) in [6.07, 6.45) is 4.67. The highest BCUT2D eigenvalue weighted by atomic mass is 16.6. The lowest BCUT2D eigenvalue weighted by molar-refractivity contribution is -0.384. The van der Waals surface area contributed by atoms with E-state index in [0.29, 0.717) is 25.0 Å². The van der Waals surface area contributed by atoms with E-state index in [9.17, 15) is 14.9 Å². The van der Waals surface area contributed by atoms with E-state index in [0.717, 1.165) is 37.2 Å². The van der Waals surface area contributed by atoms with Gasteiger partial charge in [-0.05, 0) is 36.9 Å². The molecule has 0 unspecified atom stereocenters. The summed E-state index contributed by atoms with van der Waals surface area (Å²) in [5.74, 6) is 0.861. The molecule has 1 spiro atoms. The van der Waals surface area contributed by atoms with Crippen LogP contribution in [0.1, 0.15) is 24.8 Å². The van der Waals surface area contributed by atoms with Gasteiger partial charge in [0.2, 0.25) is 5.91 Å². The van der Waals surface area contributed by atoms with E-state index < -0.39 is 0 Å². The maximum atomic E-state index is 13.3.